The second kappa shape index (κ2) is 4.84. The van der Waals surface area contributed by atoms with Gasteiger partial charge < -0.3 is 14.6 Å². The Labute approximate surface area is 77.9 Å². The van der Waals surface area contributed by atoms with Gasteiger partial charge in [-0.2, -0.15) is 0 Å². The van der Waals surface area contributed by atoms with Crippen molar-refractivity contribution in [1.29, 1.82) is 0 Å². The molecule has 1 N–H and O–H groups in total. The molecule has 1 rings (SSSR count). The predicted molar refractivity (Wildman–Crippen MR) is 49.6 cm³/mol. The highest BCUT2D eigenvalue weighted by Gasteiger charge is 2.01. The molecule has 0 spiro atoms. The van der Waals surface area contributed by atoms with Crippen molar-refractivity contribution in [3.05, 3.63) is 29.8 Å². The third-order valence-electron chi connectivity index (χ3n) is 1.68. The maximum Gasteiger partial charge on any atom is 0.188 e. The molecule has 3 heteroatoms. The first-order chi connectivity index (χ1) is 6.24. The van der Waals surface area contributed by atoms with Crippen molar-refractivity contribution >= 4 is 0 Å². The average molecular weight is 182 g/mol. The topological polar surface area (TPSA) is 38.7 Å². The van der Waals surface area contributed by atoms with E-state index in [-0.39, 0.29) is 6.79 Å². The van der Waals surface area contributed by atoms with Crippen LogP contribution in [0.3, 0.4) is 0 Å². The van der Waals surface area contributed by atoms with Gasteiger partial charge in [0.2, 0.25) is 0 Å². The number of aliphatic hydroxyl groups is 1. The molecule has 3 nitrogen and oxygen atoms in total. The van der Waals surface area contributed by atoms with Gasteiger partial charge in [-0.25, -0.2) is 0 Å². The first kappa shape index (κ1) is 10.0. The van der Waals surface area contributed by atoms with Crippen LogP contribution in [0.2, 0.25) is 0 Å². The van der Waals surface area contributed by atoms with E-state index in [0.29, 0.717) is 5.75 Å². The minimum absolute atomic E-state index is 0.225. The van der Waals surface area contributed by atoms with Crippen molar-refractivity contribution in [3.63, 3.8) is 0 Å². The summed E-state index contributed by atoms with van der Waals surface area (Å²) in [5.74, 6) is 0.709. The van der Waals surface area contributed by atoms with Gasteiger partial charge in [0.1, 0.15) is 5.75 Å². The second-order valence-electron chi connectivity index (χ2n) is 2.80. The van der Waals surface area contributed by atoms with Gasteiger partial charge in [-0.15, -0.1) is 0 Å². The van der Waals surface area contributed by atoms with Crippen LogP contribution in [0.15, 0.2) is 24.3 Å². The number of benzene rings is 1. The van der Waals surface area contributed by atoms with Crippen molar-refractivity contribution in [2.45, 2.75) is 13.0 Å². The highest BCUT2D eigenvalue weighted by Crippen LogP contribution is 2.18. The van der Waals surface area contributed by atoms with Gasteiger partial charge in [0.15, 0.2) is 6.79 Å². The normalized spacial score (nSPS) is 12.5. The van der Waals surface area contributed by atoms with Crippen molar-refractivity contribution < 1.29 is 14.6 Å². The molecular formula is C10H14O3. The van der Waals surface area contributed by atoms with Crippen molar-refractivity contribution in [2.75, 3.05) is 13.9 Å². The van der Waals surface area contributed by atoms with E-state index in [9.17, 15) is 5.11 Å². The largest absolute Gasteiger partial charge is 0.468 e. The summed E-state index contributed by atoms with van der Waals surface area (Å²) in [6.07, 6.45) is -0.467. The quantitative estimate of drug-likeness (QED) is 0.720. The van der Waals surface area contributed by atoms with Crippen LogP contribution >= 0.6 is 0 Å². The molecule has 72 valence electrons. The molecule has 0 saturated heterocycles. The van der Waals surface area contributed by atoms with Crippen molar-refractivity contribution in [2.24, 2.45) is 0 Å². The molecule has 1 aromatic rings. The molecule has 1 aromatic carbocycles. The van der Waals surface area contributed by atoms with E-state index >= 15 is 0 Å². The minimum atomic E-state index is -0.467. The Kier molecular flexibility index (Phi) is 3.73. The summed E-state index contributed by atoms with van der Waals surface area (Å²) in [5, 5.41) is 9.29. The lowest BCUT2D eigenvalue weighted by Gasteiger charge is -2.08. The Morgan fingerprint density at radius 2 is 2.23 bits per heavy atom. The lowest BCUT2D eigenvalue weighted by atomic mass is 10.1. The summed E-state index contributed by atoms with van der Waals surface area (Å²) in [5.41, 5.74) is 0.841. The number of hydrogen-bond donors (Lipinski definition) is 1. The van der Waals surface area contributed by atoms with Crippen molar-refractivity contribution in [1.82, 2.24) is 0 Å². The lowest BCUT2D eigenvalue weighted by Crippen LogP contribution is -1.99. The van der Waals surface area contributed by atoms with Gasteiger partial charge in [0.25, 0.3) is 0 Å². The molecule has 0 heterocycles. The van der Waals surface area contributed by atoms with Gasteiger partial charge in [-0.05, 0) is 24.6 Å². The predicted octanol–water partition coefficient (Wildman–Crippen LogP) is 1.72. The average Bonchev–Trinajstić information content (AvgIpc) is 2.15. The number of methoxy groups -OCH3 is 1. The molecule has 0 saturated carbocycles. The Hall–Kier alpha value is -1.06. The molecule has 0 aliphatic rings. The Bertz CT molecular complexity index is 258. The summed E-state index contributed by atoms with van der Waals surface area (Å²) >= 11 is 0. The maximum absolute atomic E-state index is 9.29. The molecule has 1 atom stereocenters. The minimum Gasteiger partial charge on any atom is -0.468 e. The monoisotopic (exact) mass is 182 g/mol. The molecule has 1 unspecified atom stereocenters. The van der Waals surface area contributed by atoms with Crippen molar-refractivity contribution in [3.8, 4) is 5.75 Å². The molecule has 0 amide bonds. The van der Waals surface area contributed by atoms with Gasteiger partial charge >= 0.3 is 0 Å². The fourth-order valence-corrected chi connectivity index (χ4v) is 0.991. The zero-order valence-corrected chi connectivity index (χ0v) is 7.86. The highest BCUT2D eigenvalue weighted by molar-refractivity contribution is 5.29. The Morgan fingerprint density at radius 3 is 2.85 bits per heavy atom. The summed E-state index contributed by atoms with van der Waals surface area (Å²) in [7, 11) is 1.57. The zero-order chi connectivity index (χ0) is 9.68. The number of aliphatic hydroxyl groups excluding tert-OH is 1. The Morgan fingerprint density at radius 1 is 1.46 bits per heavy atom. The second-order valence-corrected chi connectivity index (χ2v) is 2.80. The number of hydrogen-bond acceptors (Lipinski definition) is 3. The van der Waals surface area contributed by atoms with Crippen LogP contribution in [0, 0.1) is 0 Å². The van der Waals surface area contributed by atoms with Gasteiger partial charge in [-0.3, -0.25) is 0 Å². The first-order valence-electron chi connectivity index (χ1n) is 4.14. The fourth-order valence-electron chi connectivity index (χ4n) is 0.991. The van der Waals surface area contributed by atoms with Gasteiger partial charge in [0.05, 0.1) is 6.10 Å². The molecule has 0 radical (unpaired) electrons. The molecule has 0 aliphatic carbocycles. The standard InChI is InChI=1S/C10H14O3/c1-8(11)9-4-3-5-10(6-9)13-7-12-2/h3-6,8,11H,7H2,1-2H3. The smallest absolute Gasteiger partial charge is 0.188 e. The summed E-state index contributed by atoms with van der Waals surface area (Å²) < 4.78 is 9.97. The van der Waals surface area contributed by atoms with E-state index < -0.39 is 6.10 Å². The lowest BCUT2D eigenvalue weighted by molar-refractivity contribution is 0.0509. The summed E-state index contributed by atoms with van der Waals surface area (Å²) in [6.45, 7) is 1.94. The first-order valence-corrected chi connectivity index (χ1v) is 4.14. The van der Waals surface area contributed by atoms with Crippen LogP contribution < -0.4 is 4.74 Å². The van der Waals surface area contributed by atoms with E-state index in [0.717, 1.165) is 5.56 Å². The SMILES string of the molecule is COCOc1cccc(C(C)O)c1. The van der Waals surface area contributed by atoms with Crippen LogP contribution in [0.5, 0.6) is 5.75 Å². The van der Waals surface area contributed by atoms with Crippen LogP contribution in [0.1, 0.15) is 18.6 Å². The van der Waals surface area contributed by atoms with Crippen LogP contribution in [0.25, 0.3) is 0 Å². The molecule has 13 heavy (non-hydrogen) atoms. The third kappa shape index (κ3) is 3.05. The Balaban J connectivity index is 2.68. The van der Waals surface area contributed by atoms with Crippen LogP contribution in [-0.2, 0) is 4.74 Å². The van der Waals surface area contributed by atoms with E-state index in [1.807, 2.05) is 18.2 Å². The summed E-state index contributed by atoms with van der Waals surface area (Å²) in [4.78, 5) is 0. The molecule has 0 bridgehead atoms. The zero-order valence-electron chi connectivity index (χ0n) is 7.86. The van der Waals surface area contributed by atoms with Crippen LogP contribution in [0.4, 0.5) is 0 Å². The number of ether oxygens (including phenoxy) is 2. The molecule has 0 aliphatic heterocycles. The van der Waals surface area contributed by atoms with Crippen LogP contribution in [-0.4, -0.2) is 19.0 Å². The number of rotatable bonds is 4. The summed E-state index contributed by atoms with van der Waals surface area (Å²) in [6, 6.07) is 7.31. The molecule has 0 fully saturated rings. The third-order valence-corrected chi connectivity index (χ3v) is 1.68. The molecule has 0 aromatic heterocycles. The van der Waals surface area contributed by atoms with E-state index in [4.69, 9.17) is 9.47 Å². The van der Waals surface area contributed by atoms with E-state index in [2.05, 4.69) is 0 Å². The van der Waals surface area contributed by atoms with Gasteiger partial charge in [0, 0.05) is 7.11 Å². The van der Waals surface area contributed by atoms with E-state index in [1.165, 1.54) is 0 Å². The molecular weight excluding hydrogens is 168 g/mol. The van der Waals surface area contributed by atoms with E-state index in [1.54, 1.807) is 20.1 Å². The highest BCUT2D eigenvalue weighted by atomic mass is 16.7. The maximum atomic E-state index is 9.29. The van der Waals surface area contributed by atoms with Gasteiger partial charge in [-0.1, -0.05) is 12.1 Å². The fraction of sp³-hybridized carbons (Fsp3) is 0.400.